The molecule has 0 radical (unpaired) electrons. The summed E-state index contributed by atoms with van der Waals surface area (Å²) in [5.41, 5.74) is 2.25. The third-order valence-corrected chi connectivity index (χ3v) is 4.95. The summed E-state index contributed by atoms with van der Waals surface area (Å²) in [6.45, 7) is 7.83. The van der Waals surface area contributed by atoms with E-state index in [1.807, 2.05) is 76.2 Å². The number of aryl methyl sites for hydroxylation is 1. The monoisotopic (exact) mass is 392 g/mol. The summed E-state index contributed by atoms with van der Waals surface area (Å²) in [7, 11) is 0. The summed E-state index contributed by atoms with van der Waals surface area (Å²) in [6, 6.07) is 16.1. The first-order valence-electron chi connectivity index (χ1n) is 10.0. The van der Waals surface area contributed by atoms with Gasteiger partial charge in [-0.25, -0.2) is 0 Å². The Hall–Kier alpha value is -3.08. The molecule has 2 unspecified atom stereocenters. The Morgan fingerprint density at radius 3 is 2.34 bits per heavy atom. The molecular weight excluding hydrogens is 364 g/mol. The molecule has 2 aromatic carbocycles. The molecule has 152 valence electrons. The van der Waals surface area contributed by atoms with Gasteiger partial charge in [0, 0.05) is 10.9 Å². The van der Waals surface area contributed by atoms with Crippen molar-refractivity contribution in [1.29, 1.82) is 0 Å². The fourth-order valence-electron chi connectivity index (χ4n) is 3.37. The lowest BCUT2D eigenvalue weighted by atomic mass is 10.0. The van der Waals surface area contributed by atoms with Crippen molar-refractivity contribution in [3.05, 3.63) is 71.5 Å². The van der Waals surface area contributed by atoms with Gasteiger partial charge in [0.2, 0.25) is 5.91 Å². The maximum Gasteiger partial charge on any atom is 0.252 e. The number of fused-ring (bicyclic) bond motifs is 1. The first-order chi connectivity index (χ1) is 13.8. The molecule has 1 aromatic heterocycles. The van der Waals surface area contributed by atoms with Crippen molar-refractivity contribution in [3.8, 4) is 0 Å². The van der Waals surface area contributed by atoms with E-state index in [2.05, 4.69) is 10.6 Å². The molecule has 0 aliphatic rings. The molecule has 0 aliphatic carbocycles. The predicted octanol–water partition coefficient (Wildman–Crippen LogP) is 4.76. The van der Waals surface area contributed by atoms with E-state index in [4.69, 9.17) is 4.42 Å². The number of carbonyl (C=O) groups is 2. The van der Waals surface area contributed by atoms with Crippen molar-refractivity contribution in [2.75, 3.05) is 0 Å². The number of benzene rings is 2. The molecule has 2 N–H and O–H groups in total. The minimum Gasteiger partial charge on any atom is -0.459 e. The number of nitrogens with one attached hydrogen (secondary N) is 2. The molecule has 2 amide bonds. The zero-order valence-electron chi connectivity index (χ0n) is 17.4. The highest BCUT2D eigenvalue weighted by Crippen LogP contribution is 2.23. The number of amides is 2. The Labute approximate surface area is 171 Å². The number of hydrogen-bond acceptors (Lipinski definition) is 3. The number of rotatable bonds is 7. The van der Waals surface area contributed by atoms with Crippen molar-refractivity contribution < 1.29 is 14.0 Å². The van der Waals surface area contributed by atoms with E-state index in [1.165, 1.54) is 0 Å². The number of carbonyl (C=O) groups excluding carboxylic acids is 2. The van der Waals surface area contributed by atoms with Crippen LogP contribution in [0.15, 0.2) is 59.0 Å². The maximum absolute atomic E-state index is 13.0. The van der Waals surface area contributed by atoms with Crippen LogP contribution in [0.25, 0.3) is 11.0 Å². The van der Waals surface area contributed by atoms with Gasteiger partial charge in [0.1, 0.15) is 17.4 Å². The molecule has 3 rings (SSSR count). The first kappa shape index (κ1) is 20.6. The highest BCUT2D eigenvalue weighted by Gasteiger charge is 2.25. The first-order valence-corrected chi connectivity index (χ1v) is 10.0. The smallest absolute Gasteiger partial charge is 0.252 e. The van der Waals surface area contributed by atoms with Crippen LogP contribution in [0.1, 0.15) is 54.9 Å². The molecule has 0 fully saturated rings. The van der Waals surface area contributed by atoms with Crippen LogP contribution in [0.4, 0.5) is 0 Å². The molecular formula is C24H28N2O3. The van der Waals surface area contributed by atoms with Gasteiger partial charge in [-0.05, 0) is 49.9 Å². The van der Waals surface area contributed by atoms with Crippen molar-refractivity contribution in [2.24, 2.45) is 5.92 Å². The molecule has 0 saturated carbocycles. The quantitative estimate of drug-likeness (QED) is 0.609. The Morgan fingerprint density at radius 1 is 0.966 bits per heavy atom. The van der Waals surface area contributed by atoms with E-state index in [0.29, 0.717) is 17.7 Å². The topological polar surface area (TPSA) is 71.3 Å². The van der Waals surface area contributed by atoms with Crippen LogP contribution in [-0.2, 0) is 4.79 Å². The minimum absolute atomic E-state index is 0.214. The van der Waals surface area contributed by atoms with Gasteiger partial charge in [0.05, 0.1) is 6.04 Å². The molecule has 3 aromatic rings. The van der Waals surface area contributed by atoms with Crippen molar-refractivity contribution in [2.45, 2.75) is 46.2 Å². The lowest BCUT2D eigenvalue weighted by Gasteiger charge is -2.22. The largest absolute Gasteiger partial charge is 0.459 e. The lowest BCUT2D eigenvalue weighted by molar-refractivity contribution is -0.124. The van der Waals surface area contributed by atoms with Crippen LogP contribution in [-0.4, -0.2) is 17.9 Å². The second-order valence-corrected chi connectivity index (χ2v) is 7.89. The summed E-state index contributed by atoms with van der Waals surface area (Å²) in [4.78, 5) is 25.7. The fraction of sp³-hybridized carbons (Fsp3) is 0.333. The minimum atomic E-state index is -0.617. The second kappa shape index (κ2) is 8.95. The third kappa shape index (κ3) is 5.05. The molecule has 1 heterocycles. The molecule has 0 spiro atoms. The number of furan rings is 1. The van der Waals surface area contributed by atoms with Gasteiger partial charge >= 0.3 is 0 Å². The highest BCUT2D eigenvalue weighted by atomic mass is 16.3. The molecule has 5 heteroatoms. The lowest BCUT2D eigenvalue weighted by Crippen LogP contribution is -2.48. The standard InChI is InChI=1S/C24H28N2O3/c1-15(2)13-20(26-23(27)19-11-7-5-9-16(19)3)24(28)25-17(4)22-14-18-10-6-8-12-21(18)29-22/h5-12,14-15,17,20H,13H2,1-4H3,(H,25,28)(H,26,27). The average molecular weight is 392 g/mol. The second-order valence-electron chi connectivity index (χ2n) is 7.89. The van der Waals surface area contributed by atoms with Gasteiger partial charge in [-0.15, -0.1) is 0 Å². The van der Waals surface area contributed by atoms with Crippen LogP contribution in [0.3, 0.4) is 0 Å². The summed E-state index contributed by atoms with van der Waals surface area (Å²) in [5.74, 6) is 0.492. The fourth-order valence-corrected chi connectivity index (χ4v) is 3.37. The van der Waals surface area contributed by atoms with Gasteiger partial charge in [-0.3, -0.25) is 9.59 Å². The molecule has 29 heavy (non-hydrogen) atoms. The summed E-state index contributed by atoms with van der Waals surface area (Å²) >= 11 is 0. The number of hydrogen-bond donors (Lipinski definition) is 2. The predicted molar refractivity (Wildman–Crippen MR) is 115 cm³/mol. The van der Waals surface area contributed by atoms with E-state index in [-0.39, 0.29) is 23.8 Å². The summed E-state index contributed by atoms with van der Waals surface area (Å²) in [5, 5.41) is 6.89. The van der Waals surface area contributed by atoms with Crippen LogP contribution in [0, 0.1) is 12.8 Å². The third-order valence-electron chi connectivity index (χ3n) is 4.95. The van der Waals surface area contributed by atoms with Crippen molar-refractivity contribution in [1.82, 2.24) is 10.6 Å². The Kier molecular flexibility index (Phi) is 6.37. The Morgan fingerprint density at radius 2 is 1.66 bits per heavy atom. The zero-order chi connectivity index (χ0) is 21.0. The SMILES string of the molecule is Cc1ccccc1C(=O)NC(CC(C)C)C(=O)NC(C)c1cc2ccccc2o1. The highest BCUT2D eigenvalue weighted by molar-refractivity contribution is 5.98. The number of para-hydroxylation sites is 1. The van der Waals surface area contributed by atoms with Crippen molar-refractivity contribution in [3.63, 3.8) is 0 Å². The molecule has 0 bridgehead atoms. The van der Waals surface area contributed by atoms with E-state index < -0.39 is 6.04 Å². The van der Waals surface area contributed by atoms with Gasteiger partial charge in [0.15, 0.2) is 0 Å². The van der Waals surface area contributed by atoms with E-state index in [0.717, 1.165) is 16.5 Å². The van der Waals surface area contributed by atoms with Gasteiger partial charge in [0.25, 0.3) is 5.91 Å². The van der Waals surface area contributed by atoms with Crippen LogP contribution in [0.2, 0.25) is 0 Å². The Balaban J connectivity index is 1.72. The maximum atomic E-state index is 13.0. The van der Waals surface area contributed by atoms with E-state index >= 15 is 0 Å². The van der Waals surface area contributed by atoms with E-state index in [9.17, 15) is 9.59 Å². The van der Waals surface area contributed by atoms with Crippen LogP contribution < -0.4 is 10.6 Å². The zero-order valence-corrected chi connectivity index (χ0v) is 17.4. The van der Waals surface area contributed by atoms with E-state index in [1.54, 1.807) is 6.07 Å². The molecule has 0 saturated heterocycles. The molecule has 5 nitrogen and oxygen atoms in total. The summed E-state index contributed by atoms with van der Waals surface area (Å²) < 4.78 is 5.86. The van der Waals surface area contributed by atoms with Gasteiger partial charge in [-0.2, -0.15) is 0 Å². The molecule has 0 aliphatic heterocycles. The summed E-state index contributed by atoms with van der Waals surface area (Å²) in [6.07, 6.45) is 0.552. The van der Waals surface area contributed by atoms with Crippen molar-refractivity contribution >= 4 is 22.8 Å². The Bertz CT molecular complexity index is 973. The van der Waals surface area contributed by atoms with Crippen LogP contribution >= 0.6 is 0 Å². The average Bonchev–Trinajstić information content (AvgIpc) is 3.11. The van der Waals surface area contributed by atoms with Gasteiger partial charge < -0.3 is 15.1 Å². The molecule has 2 atom stereocenters. The normalized spacial score (nSPS) is 13.3. The van der Waals surface area contributed by atoms with Gasteiger partial charge in [-0.1, -0.05) is 50.2 Å². The van der Waals surface area contributed by atoms with Crippen LogP contribution in [0.5, 0.6) is 0 Å².